The Morgan fingerprint density at radius 1 is 1.48 bits per heavy atom. The van der Waals surface area contributed by atoms with Gasteiger partial charge in [0.25, 0.3) is 5.69 Å². The molecule has 116 valence electrons. The van der Waals surface area contributed by atoms with Gasteiger partial charge in [0.15, 0.2) is 0 Å². The Bertz CT molecular complexity index is 533. The first-order valence-electron chi connectivity index (χ1n) is 6.21. The van der Waals surface area contributed by atoms with Crippen molar-refractivity contribution in [1.29, 1.82) is 0 Å². The number of nitro benzene ring substituents is 1. The van der Waals surface area contributed by atoms with Gasteiger partial charge in [-0.05, 0) is 25.8 Å². The van der Waals surface area contributed by atoms with E-state index in [1.807, 2.05) is 0 Å². The number of nitro groups is 1. The zero-order valence-corrected chi connectivity index (χ0v) is 13.4. The molecule has 21 heavy (non-hydrogen) atoms. The summed E-state index contributed by atoms with van der Waals surface area (Å²) in [5.74, 6) is -0.103. The van der Waals surface area contributed by atoms with E-state index >= 15 is 0 Å². The van der Waals surface area contributed by atoms with E-state index in [2.05, 4.69) is 20.7 Å². The largest absolute Gasteiger partial charge is 0.493 e. The van der Waals surface area contributed by atoms with Gasteiger partial charge in [0, 0.05) is 10.5 Å². The molecule has 0 aliphatic carbocycles. The third-order valence-corrected chi connectivity index (χ3v) is 3.29. The number of nitrogens with zero attached hydrogens (tertiary/aromatic N) is 1. The van der Waals surface area contributed by atoms with E-state index in [1.165, 1.54) is 19.2 Å². The van der Waals surface area contributed by atoms with E-state index in [9.17, 15) is 14.9 Å². The van der Waals surface area contributed by atoms with Gasteiger partial charge in [-0.15, -0.1) is 0 Å². The molecule has 0 saturated carbocycles. The Morgan fingerprint density at radius 2 is 2.14 bits per heavy atom. The first-order chi connectivity index (χ1) is 9.76. The van der Waals surface area contributed by atoms with Crippen LogP contribution in [0.3, 0.4) is 0 Å². The molecule has 0 aliphatic heterocycles. The zero-order chi connectivity index (χ0) is 16.0. The number of hydrogen-bond donors (Lipinski definition) is 1. The second kappa shape index (κ2) is 7.37. The summed E-state index contributed by atoms with van der Waals surface area (Å²) in [6.07, 6.45) is 0.901. The van der Waals surface area contributed by atoms with Crippen LogP contribution in [0.15, 0.2) is 22.7 Å². The molecule has 1 aromatic rings. The molecule has 8 heteroatoms. The molecule has 1 unspecified atom stereocenters. The molecule has 0 aliphatic rings. The van der Waals surface area contributed by atoms with E-state index in [1.54, 1.807) is 13.0 Å². The number of ether oxygens (including phenoxy) is 2. The summed E-state index contributed by atoms with van der Waals surface area (Å²) < 4.78 is 10.6. The van der Waals surface area contributed by atoms with Crippen molar-refractivity contribution in [3.8, 4) is 5.75 Å². The fourth-order valence-electron chi connectivity index (χ4n) is 1.70. The van der Waals surface area contributed by atoms with Gasteiger partial charge in [0.05, 0.1) is 24.7 Å². The molecular weight excluding hydrogens is 344 g/mol. The molecule has 0 heterocycles. The van der Waals surface area contributed by atoms with Crippen LogP contribution in [0.4, 0.5) is 5.69 Å². The number of benzene rings is 1. The minimum absolute atomic E-state index is 0.0578. The van der Waals surface area contributed by atoms with Crippen molar-refractivity contribution in [2.75, 3.05) is 13.7 Å². The summed E-state index contributed by atoms with van der Waals surface area (Å²) in [7, 11) is 1.28. The van der Waals surface area contributed by atoms with Crippen molar-refractivity contribution in [3.63, 3.8) is 0 Å². The van der Waals surface area contributed by atoms with Gasteiger partial charge < -0.3 is 15.2 Å². The highest BCUT2D eigenvalue weighted by atomic mass is 79.9. The van der Waals surface area contributed by atoms with E-state index in [-0.39, 0.29) is 12.3 Å². The van der Waals surface area contributed by atoms with E-state index in [0.29, 0.717) is 23.1 Å². The van der Waals surface area contributed by atoms with Crippen molar-refractivity contribution < 1.29 is 19.2 Å². The maximum atomic E-state index is 11.4. The number of carbonyl (C=O) groups excluding carboxylic acids is 1. The van der Waals surface area contributed by atoms with Crippen molar-refractivity contribution in [1.82, 2.24) is 0 Å². The summed E-state index contributed by atoms with van der Waals surface area (Å²) >= 11 is 3.18. The molecule has 0 saturated heterocycles. The van der Waals surface area contributed by atoms with Gasteiger partial charge >= 0.3 is 5.97 Å². The monoisotopic (exact) mass is 360 g/mol. The Hall–Kier alpha value is -1.67. The topological polar surface area (TPSA) is 105 Å². The van der Waals surface area contributed by atoms with Gasteiger partial charge in [0.1, 0.15) is 11.3 Å². The lowest BCUT2D eigenvalue weighted by molar-refractivity contribution is -0.385. The second-order valence-corrected chi connectivity index (χ2v) is 5.68. The van der Waals surface area contributed by atoms with Crippen LogP contribution >= 0.6 is 15.9 Å². The van der Waals surface area contributed by atoms with Crippen molar-refractivity contribution in [2.24, 2.45) is 5.73 Å². The molecule has 1 rings (SSSR count). The third kappa shape index (κ3) is 5.31. The normalized spacial score (nSPS) is 13.3. The maximum Gasteiger partial charge on any atom is 0.325 e. The van der Waals surface area contributed by atoms with Gasteiger partial charge in [-0.25, -0.2) is 0 Å². The van der Waals surface area contributed by atoms with Crippen LogP contribution in [0.2, 0.25) is 0 Å². The van der Waals surface area contributed by atoms with E-state index < -0.39 is 16.4 Å². The van der Waals surface area contributed by atoms with Crippen molar-refractivity contribution in [3.05, 3.63) is 32.8 Å². The molecule has 0 fully saturated rings. The maximum absolute atomic E-state index is 11.4. The van der Waals surface area contributed by atoms with Gasteiger partial charge in [0.2, 0.25) is 0 Å². The molecule has 1 aromatic carbocycles. The van der Waals surface area contributed by atoms with Crippen molar-refractivity contribution >= 4 is 27.6 Å². The van der Waals surface area contributed by atoms with Crippen LogP contribution in [0.25, 0.3) is 0 Å². The number of esters is 1. The number of carbonyl (C=O) groups is 1. The minimum atomic E-state index is -1.07. The standard InChI is InChI=1S/C13H17BrN2O5/c1-13(15,12(17)20-2)4-3-5-21-11-7-9(14)6-10(8-11)16(18)19/h6-8H,3-5,15H2,1-2H3. The zero-order valence-electron chi connectivity index (χ0n) is 11.8. The summed E-state index contributed by atoms with van der Waals surface area (Å²) in [4.78, 5) is 21.6. The fraction of sp³-hybridized carbons (Fsp3) is 0.462. The number of halogens is 1. The van der Waals surface area contributed by atoms with Crippen LogP contribution in [0, 0.1) is 10.1 Å². The molecule has 1 atom stereocenters. The second-order valence-electron chi connectivity index (χ2n) is 4.76. The number of methoxy groups -OCH3 is 1. The van der Waals surface area contributed by atoms with Gasteiger partial charge in [-0.2, -0.15) is 0 Å². The van der Waals surface area contributed by atoms with Crippen molar-refractivity contribution in [2.45, 2.75) is 25.3 Å². The first-order valence-corrected chi connectivity index (χ1v) is 7.00. The summed E-state index contributed by atoms with van der Waals surface area (Å²) in [6.45, 7) is 1.88. The predicted octanol–water partition coefficient (Wildman–Crippen LogP) is 2.41. The number of rotatable bonds is 7. The third-order valence-electron chi connectivity index (χ3n) is 2.83. The molecule has 0 aromatic heterocycles. The highest BCUT2D eigenvalue weighted by Crippen LogP contribution is 2.26. The molecule has 2 N–H and O–H groups in total. The summed E-state index contributed by atoms with van der Waals surface area (Å²) in [5.41, 5.74) is 4.69. The molecule has 0 amide bonds. The predicted molar refractivity (Wildman–Crippen MR) is 80.1 cm³/mol. The van der Waals surface area contributed by atoms with Crippen LogP contribution < -0.4 is 10.5 Å². The molecule has 0 radical (unpaired) electrons. The molecular formula is C13H17BrN2O5. The number of nitrogens with two attached hydrogens (primary N) is 1. The highest BCUT2D eigenvalue weighted by Gasteiger charge is 2.28. The minimum Gasteiger partial charge on any atom is -0.493 e. The average molecular weight is 361 g/mol. The van der Waals surface area contributed by atoms with E-state index in [4.69, 9.17) is 10.5 Å². The Labute approximate surface area is 130 Å². The molecule has 7 nitrogen and oxygen atoms in total. The fourth-order valence-corrected chi connectivity index (χ4v) is 2.16. The Balaban J connectivity index is 2.53. The highest BCUT2D eigenvalue weighted by molar-refractivity contribution is 9.10. The lowest BCUT2D eigenvalue weighted by Gasteiger charge is -2.21. The molecule has 0 spiro atoms. The van der Waals surface area contributed by atoms with Gasteiger partial charge in [-0.3, -0.25) is 14.9 Å². The SMILES string of the molecule is COC(=O)C(C)(N)CCCOc1cc(Br)cc([N+](=O)[O-])c1. The first kappa shape index (κ1) is 17.4. The smallest absolute Gasteiger partial charge is 0.325 e. The van der Waals surface area contributed by atoms with Crippen LogP contribution in [-0.2, 0) is 9.53 Å². The van der Waals surface area contributed by atoms with Crippen LogP contribution in [-0.4, -0.2) is 30.1 Å². The van der Waals surface area contributed by atoms with Crippen LogP contribution in [0.5, 0.6) is 5.75 Å². The Kier molecular flexibility index (Phi) is 6.10. The Morgan fingerprint density at radius 3 is 2.71 bits per heavy atom. The van der Waals surface area contributed by atoms with E-state index in [0.717, 1.165) is 0 Å². The average Bonchev–Trinajstić information content (AvgIpc) is 2.42. The quantitative estimate of drug-likeness (QED) is 0.346. The van der Waals surface area contributed by atoms with Gasteiger partial charge in [-0.1, -0.05) is 15.9 Å². The summed E-state index contributed by atoms with van der Waals surface area (Å²) in [5, 5.41) is 10.7. The summed E-state index contributed by atoms with van der Waals surface area (Å²) in [6, 6.07) is 4.36. The number of non-ortho nitro benzene ring substituents is 1. The number of hydrogen-bond acceptors (Lipinski definition) is 6. The van der Waals surface area contributed by atoms with Crippen LogP contribution in [0.1, 0.15) is 19.8 Å². The lowest BCUT2D eigenvalue weighted by atomic mass is 9.98. The lowest BCUT2D eigenvalue weighted by Crippen LogP contribution is -2.45. The molecule has 0 bridgehead atoms.